The number of carbonyl (C=O) groups excluding carboxylic acids is 5. The Morgan fingerprint density at radius 1 is 0.967 bits per heavy atom. The van der Waals surface area contributed by atoms with Crippen LogP contribution >= 0.6 is 0 Å². The molecular weight excluding hydrogens is 792 g/mol. The number of hydrogen-bond donors (Lipinski definition) is 4. The van der Waals surface area contributed by atoms with Crippen molar-refractivity contribution in [3.63, 3.8) is 0 Å². The number of hydrogen-bond acceptors (Lipinski definition) is 14. The quantitative estimate of drug-likeness (QED) is 0.163. The molecule has 1 aliphatic carbocycles. The maximum absolute atomic E-state index is 14.3. The Bertz CT molecular complexity index is 1580. The number of ether oxygens (including phenoxy) is 5. The molecule has 0 unspecified atom stereocenters. The van der Waals surface area contributed by atoms with Gasteiger partial charge in [-0.05, 0) is 95.5 Å². The van der Waals surface area contributed by atoms with Gasteiger partial charge in [0.2, 0.25) is 5.79 Å². The highest BCUT2D eigenvalue weighted by atomic mass is 16.7. The summed E-state index contributed by atoms with van der Waals surface area (Å²) in [5, 5.41) is 42.8. The van der Waals surface area contributed by atoms with E-state index in [1.165, 1.54) is 19.1 Å². The second kappa shape index (κ2) is 23.8. The molecule has 0 aromatic carbocycles. The molecule has 16 heteroatoms. The fourth-order valence-electron chi connectivity index (χ4n) is 9.42. The zero-order valence-corrected chi connectivity index (χ0v) is 37.3. The van der Waals surface area contributed by atoms with Gasteiger partial charge in [-0.3, -0.25) is 14.4 Å². The van der Waals surface area contributed by atoms with Crippen molar-refractivity contribution >= 4 is 29.5 Å². The van der Waals surface area contributed by atoms with Gasteiger partial charge in [-0.2, -0.15) is 0 Å². The average molecular weight is 864 g/mol. The molecule has 3 heterocycles. The van der Waals surface area contributed by atoms with Crippen LogP contribution in [0.25, 0.3) is 0 Å². The normalized spacial score (nSPS) is 38.7. The van der Waals surface area contributed by atoms with Gasteiger partial charge in [0.15, 0.2) is 0 Å². The van der Waals surface area contributed by atoms with Crippen molar-refractivity contribution < 1.29 is 68.1 Å². The molecule has 3 fully saturated rings. The number of primary amides is 1. The third-order valence-electron chi connectivity index (χ3n) is 12.9. The van der Waals surface area contributed by atoms with E-state index >= 15 is 0 Å². The molecule has 0 spiro atoms. The lowest BCUT2D eigenvalue weighted by atomic mass is 9.81. The molecule has 2 bridgehead atoms. The number of carbonyl (C=O) groups is 5. The van der Waals surface area contributed by atoms with Gasteiger partial charge in [-0.25, -0.2) is 4.79 Å². The van der Waals surface area contributed by atoms with E-state index in [1.807, 2.05) is 32.9 Å². The summed E-state index contributed by atoms with van der Waals surface area (Å²) in [6.45, 7) is 13.1. The molecule has 16 nitrogen and oxygen atoms in total. The number of aliphatic hydroxyl groups is 3. The fraction of sp³-hybridized carbons (Fsp3) is 0.756. The zero-order chi connectivity index (χ0) is 45.8. The number of piperidine rings is 1. The molecule has 61 heavy (non-hydrogen) atoms. The number of carboxylic acid groups (broad SMARTS) is 1. The molecule has 0 radical (unpaired) electrons. The van der Waals surface area contributed by atoms with E-state index < -0.39 is 90.0 Å². The molecule has 5 N–H and O–H groups in total. The number of nitrogens with zero attached hydrogens (tertiary/aromatic N) is 1. The van der Waals surface area contributed by atoms with Crippen molar-refractivity contribution in [3.05, 3.63) is 36.0 Å². The van der Waals surface area contributed by atoms with Crippen molar-refractivity contribution in [2.75, 3.05) is 27.9 Å². The number of aliphatic hydroxyl groups excluding tert-OH is 2. The molecule has 0 aromatic heterocycles. The predicted octanol–water partition coefficient (Wildman–Crippen LogP) is 2.93. The first-order valence-corrected chi connectivity index (χ1v) is 21.6. The molecular formula is C45H71N2O14-. The van der Waals surface area contributed by atoms with Gasteiger partial charge in [-0.1, -0.05) is 44.6 Å². The van der Waals surface area contributed by atoms with E-state index in [0.717, 1.165) is 5.57 Å². The van der Waals surface area contributed by atoms with Crippen LogP contribution in [0.4, 0.5) is 4.79 Å². The van der Waals surface area contributed by atoms with E-state index in [0.29, 0.717) is 56.9 Å². The number of ketones is 2. The number of rotatable bonds is 7. The van der Waals surface area contributed by atoms with Gasteiger partial charge in [0.25, 0.3) is 11.7 Å². The van der Waals surface area contributed by atoms with E-state index in [9.17, 15) is 34.5 Å². The summed E-state index contributed by atoms with van der Waals surface area (Å²) < 4.78 is 29.7. The van der Waals surface area contributed by atoms with Crippen LogP contribution in [-0.2, 0) is 42.9 Å². The average Bonchev–Trinajstić information content (AvgIpc) is 3.21. The molecule has 2 amide bonds. The van der Waals surface area contributed by atoms with Crippen LogP contribution in [0.1, 0.15) is 105 Å². The summed E-state index contributed by atoms with van der Waals surface area (Å²) in [7, 11) is 4.61. The zero-order valence-electron chi connectivity index (χ0n) is 37.3. The van der Waals surface area contributed by atoms with Gasteiger partial charge in [0, 0.05) is 52.0 Å². The summed E-state index contributed by atoms with van der Waals surface area (Å²) >= 11 is 0. The molecule has 346 valence electrons. The highest BCUT2D eigenvalue weighted by Gasteiger charge is 2.56. The largest absolute Gasteiger partial charge is 0.530 e. The lowest BCUT2D eigenvalue weighted by Gasteiger charge is -2.47. The Labute approximate surface area is 360 Å². The van der Waals surface area contributed by atoms with Crippen molar-refractivity contribution in [2.45, 2.75) is 160 Å². The number of fused-ring (bicyclic) bond motifs is 3. The maximum Gasteiger partial charge on any atom is 0.329 e. The summed E-state index contributed by atoms with van der Waals surface area (Å²) in [4.78, 5) is 66.5. The number of nitrogens with two attached hydrogens (primary N) is 1. The topological polar surface area (TPSA) is 245 Å². The Morgan fingerprint density at radius 2 is 1.59 bits per heavy atom. The molecule has 4 aliphatic rings. The Hall–Kier alpha value is -3.51. The van der Waals surface area contributed by atoms with E-state index in [2.05, 4.69) is 12.3 Å². The van der Waals surface area contributed by atoms with Crippen molar-refractivity contribution in [3.8, 4) is 0 Å². The number of amides is 2. The fourth-order valence-corrected chi connectivity index (χ4v) is 9.42. The lowest BCUT2D eigenvalue weighted by molar-refractivity contribution is -0.302. The van der Waals surface area contributed by atoms with Crippen LogP contribution < -0.4 is 10.8 Å². The molecule has 1 saturated carbocycles. The number of cyclic esters (lactones) is 1. The first-order valence-electron chi connectivity index (χ1n) is 21.6. The molecule has 3 aliphatic heterocycles. The first kappa shape index (κ1) is 51.8. The minimum atomic E-state index is -2.51. The Balaban J connectivity index is 0.00000237. The van der Waals surface area contributed by atoms with E-state index in [-0.39, 0.29) is 49.5 Å². The van der Waals surface area contributed by atoms with Gasteiger partial charge < -0.3 is 59.5 Å². The van der Waals surface area contributed by atoms with Crippen LogP contribution in [0.15, 0.2) is 36.0 Å². The summed E-state index contributed by atoms with van der Waals surface area (Å²) in [5.41, 5.74) is 5.53. The van der Waals surface area contributed by atoms with Crippen LogP contribution in [-0.4, -0.2) is 132 Å². The summed E-state index contributed by atoms with van der Waals surface area (Å²) in [6, 6.07) is -1.14. The second-order valence-corrected chi connectivity index (χ2v) is 17.6. The monoisotopic (exact) mass is 863 g/mol. The predicted molar refractivity (Wildman–Crippen MR) is 222 cm³/mol. The third kappa shape index (κ3) is 13.7. The number of esters is 1. The minimum Gasteiger partial charge on any atom is -0.530 e. The first-order chi connectivity index (χ1) is 28.7. The smallest absolute Gasteiger partial charge is 0.329 e. The van der Waals surface area contributed by atoms with Crippen LogP contribution in [0, 0.1) is 29.6 Å². The van der Waals surface area contributed by atoms with Gasteiger partial charge in [0.05, 0.1) is 30.5 Å². The minimum absolute atomic E-state index is 0.00988. The van der Waals surface area contributed by atoms with Gasteiger partial charge in [0.1, 0.15) is 30.1 Å². The summed E-state index contributed by atoms with van der Waals surface area (Å²) in [6.07, 6.45) is 3.35. The van der Waals surface area contributed by atoms with Crippen molar-refractivity contribution in [2.24, 2.45) is 35.3 Å². The van der Waals surface area contributed by atoms with Crippen LogP contribution in [0.3, 0.4) is 0 Å². The SMILES string of the molecule is C=CC[C@@H]1/C=C(\C)C[C@H](C)C[C@H](OC)[C@H]2O[C@@](O)(C(=O)C(=O)N3CCCC[C@H]3C(=O)O[C@H](/C(C)=C/[C@@H]3CC[C@@H](O)[C@H](OC)C3)[C@H](C)[C@@H](O)CC1=O)[C@H](C)C[C@@H]2OC.NC(=O)[O-]. The standard InChI is InChI=1S/C44H69NO12.CH3NO2/c1-10-13-31-19-25(2)18-26(3)20-37(54-8)40-38(55-9)22-28(5)44(52,57-40)41(49)42(50)45-17-12-11-14-32(45)43(51)56-39(29(6)34(47)24-35(31)48)27(4)21-30-15-16-33(46)36(23-30)53-7;2-1(3)4/h10,19,21,26,28-34,36-40,46-47,52H,1,11-18,20,22-24H2,2-9H3;2H2,(H,3,4)/p-1/b25-19+,27-21+;/t26-,28+,29+,30-,31+,32-,33+,34-,36+,37-,38-,39+,40+,44+;/m0./s1. The molecule has 14 atom stereocenters. The maximum atomic E-state index is 14.3. The van der Waals surface area contributed by atoms with E-state index in [4.69, 9.17) is 33.6 Å². The van der Waals surface area contributed by atoms with Crippen molar-refractivity contribution in [1.29, 1.82) is 0 Å². The molecule has 4 rings (SSSR count). The Morgan fingerprint density at radius 3 is 2.20 bits per heavy atom. The second-order valence-electron chi connectivity index (χ2n) is 17.6. The highest BCUT2D eigenvalue weighted by molar-refractivity contribution is 6.39. The van der Waals surface area contributed by atoms with Crippen LogP contribution in [0.5, 0.6) is 0 Å². The summed E-state index contributed by atoms with van der Waals surface area (Å²) in [5.74, 6) is -7.76. The van der Waals surface area contributed by atoms with Gasteiger partial charge in [-0.15, -0.1) is 6.58 Å². The Kier molecular flexibility index (Phi) is 20.2. The number of methoxy groups -OCH3 is 3. The number of Topliss-reactive ketones (excluding diaryl/α,β-unsaturated/α-hetero) is 2. The van der Waals surface area contributed by atoms with Crippen molar-refractivity contribution in [1.82, 2.24) is 4.90 Å². The number of allylic oxidation sites excluding steroid dienone is 4. The van der Waals surface area contributed by atoms with Gasteiger partial charge >= 0.3 is 5.97 Å². The van der Waals surface area contributed by atoms with Crippen LogP contribution in [0.2, 0.25) is 0 Å². The van der Waals surface area contributed by atoms with E-state index in [1.54, 1.807) is 27.0 Å². The third-order valence-corrected chi connectivity index (χ3v) is 12.9. The molecule has 0 aromatic rings. The highest BCUT2D eigenvalue weighted by Crippen LogP contribution is 2.39. The lowest BCUT2D eigenvalue weighted by Crippen LogP contribution is -2.64. The molecule has 2 saturated heterocycles.